The molecule has 4 nitrogen and oxygen atoms in total. The lowest BCUT2D eigenvalue weighted by atomic mass is 9.93. The van der Waals surface area contributed by atoms with Gasteiger partial charge >= 0.3 is 6.18 Å². The zero-order valence-corrected chi connectivity index (χ0v) is 23.8. The van der Waals surface area contributed by atoms with Gasteiger partial charge < -0.3 is 9.64 Å². The van der Waals surface area contributed by atoms with Crippen LogP contribution in [0.3, 0.4) is 0 Å². The van der Waals surface area contributed by atoms with Gasteiger partial charge in [-0.25, -0.2) is 0 Å². The Bertz CT molecular complexity index is 1190. The van der Waals surface area contributed by atoms with Gasteiger partial charge in [0.1, 0.15) is 0 Å². The minimum Gasteiger partial charge on any atom is -0.383 e. The Kier molecular flexibility index (Phi) is 9.78. The molecule has 1 unspecified atom stereocenters. The van der Waals surface area contributed by atoms with Crippen molar-refractivity contribution in [2.75, 3.05) is 27.3 Å². The molecule has 1 atom stereocenters. The molecule has 0 aromatic heterocycles. The normalized spacial score (nSPS) is 15.6. The Balaban J connectivity index is 1.77. The van der Waals surface area contributed by atoms with E-state index in [-0.39, 0.29) is 38.7 Å². The first-order valence-corrected chi connectivity index (χ1v) is 13.2. The molecule has 1 saturated carbocycles. The molecule has 0 saturated heterocycles. The van der Waals surface area contributed by atoms with Gasteiger partial charge in [0.25, 0.3) is 0 Å². The van der Waals surface area contributed by atoms with E-state index in [0.717, 1.165) is 18.2 Å². The van der Waals surface area contributed by atoms with Crippen molar-refractivity contribution in [1.82, 2.24) is 4.90 Å². The summed E-state index contributed by atoms with van der Waals surface area (Å²) in [6.45, 7) is 0.837. The average molecular weight is 642 g/mol. The van der Waals surface area contributed by atoms with Gasteiger partial charge in [0, 0.05) is 37.2 Å². The molecule has 200 valence electrons. The number of benzene rings is 2. The largest absolute Gasteiger partial charge is 0.399 e. The van der Waals surface area contributed by atoms with Gasteiger partial charge in [-0.3, -0.25) is 9.59 Å². The molecule has 1 amide bonds. The number of hydrogen-bond donors (Lipinski definition) is 0. The van der Waals surface area contributed by atoms with Crippen molar-refractivity contribution in [2.45, 2.75) is 31.4 Å². The highest BCUT2D eigenvalue weighted by Gasteiger charge is 2.52. The monoisotopic (exact) mass is 639 g/mol. The molecule has 0 heterocycles. The first-order chi connectivity index (χ1) is 17.3. The summed E-state index contributed by atoms with van der Waals surface area (Å²) in [5.41, 5.74) is -0.0535. The Morgan fingerprint density at radius 2 is 1.78 bits per heavy atom. The van der Waals surface area contributed by atoms with Crippen LogP contribution in [0, 0.1) is 5.41 Å². The second-order valence-electron chi connectivity index (χ2n) is 9.02. The third-order valence-corrected chi connectivity index (χ3v) is 8.13. The summed E-state index contributed by atoms with van der Waals surface area (Å²) in [7, 11) is 3.24. The summed E-state index contributed by atoms with van der Waals surface area (Å²) in [5.74, 6) is -2.28. The molecule has 2 aromatic rings. The first kappa shape index (κ1) is 30.0. The maximum absolute atomic E-state index is 13.8. The van der Waals surface area contributed by atoms with Gasteiger partial charge in [-0.15, -0.1) is 0 Å². The Morgan fingerprint density at radius 3 is 2.30 bits per heavy atom. The standard InChI is InChI=1S/C26H24BrCl3F3NO3/c1-34(9-10-37-2)24(36)25(7-8-25)14-22(35)17-5-3-15(11-19(17)27)4-6-18(26(31,32)33)16-12-20(28)23(30)21(29)13-16/h3-6,11-13,18H,7-10,14H2,1-2H3/b6-4+. The van der Waals surface area contributed by atoms with Crippen LogP contribution < -0.4 is 0 Å². The van der Waals surface area contributed by atoms with Crippen LogP contribution in [-0.2, 0) is 9.53 Å². The number of ketones is 1. The van der Waals surface area contributed by atoms with Crippen LogP contribution in [0.25, 0.3) is 6.08 Å². The van der Waals surface area contributed by atoms with Gasteiger partial charge in [0.2, 0.25) is 5.91 Å². The summed E-state index contributed by atoms with van der Waals surface area (Å²) in [4.78, 5) is 27.4. The highest BCUT2D eigenvalue weighted by Crippen LogP contribution is 2.51. The van der Waals surface area contributed by atoms with Crippen LogP contribution in [0.5, 0.6) is 0 Å². The number of amides is 1. The minimum atomic E-state index is -4.61. The third kappa shape index (κ3) is 7.30. The molecule has 0 aliphatic heterocycles. The average Bonchev–Trinajstić information content (AvgIpc) is 3.60. The van der Waals surface area contributed by atoms with Crippen LogP contribution in [0.4, 0.5) is 13.2 Å². The lowest BCUT2D eigenvalue weighted by Crippen LogP contribution is -2.37. The Hall–Kier alpha value is -1.58. The van der Waals surface area contributed by atoms with Crippen molar-refractivity contribution in [1.29, 1.82) is 0 Å². The van der Waals surface area contributed by atoms with Crippen LogP contribution >= 0.6 is 50.7 Å². The van der Waals surface area contributed by atoms with Crippen molar-refractivity contribution in [3.8, 4) is 0 Å². The number of alkyl halides is 3. The molecule has 2 aromatic carbocycles. The van der Waals surface area contributed by atoms with Gasteiger partial charge in [-0.2, -0.15) is 13.2 Å². The van der Waals surface area contributed by atoms with E-state index < -0.39 is 17.5 Å². The molecule has 0 N–H and O–H groups in total. The molecule has 11 heteroatoms. The number of carbonyl (C=O) groups is 2. The summed E-state index contributed by atoms with van der Waals surface area (Å²) in [6.07, 6.45) is -0.982. The van der Waals surface area contributed by atoms with E-state index in [1.807, 2.05) is 0 Å². The van der Waals surface area contributed by atoms with E-state index in [1.165, 1.54) is 6.08 Å². The van der Waals surface area contributed by atoms with Crippen molar-refractivity contribution in [2.24, 2.45) is 5.41 Å². The maximum atomic E-state index is 13.8. The number of ether oxygens (including phenoxy) is 1. The first-order valence-electron chi connectivity index (χ1n) is 11.3. The molecule has 1 fully saturated rings. The predicted octanol–water partition coefficient (Wildman–Crippen LogP) is 8.23. The molecular formula is C26H24BrCl3F3NO3. The van der Waals surface area contributed by atoms with Gasteiger partial charge in [-0.1, -0.05) is 69.0 Å². The number of rotatable bonds is 10. The predicted molar refractivity (Wildman–Crippen MR) is 144 cm³/mol. The SMILES string of the molecule is COCCN(C)C(=O)C1(CC(=O)c2ccc(/C=C/C(c3cc(Cl)c(Cl)c(Cl)c3)C(F)(F)F)cc2Br)CC1. The van der Waals surface area contributed by atoms with Gasteiger partial charge in [-0.05, 0) is 48.2 Å². The minimum absolute atomic E-state index is 0.0162. The summed E-state index contributed by atoms with van der Waals surface area (Å²) >= 11 is 21.1. The second kappa shape index (κ2) is 12.1. The smallest absolute Gasteiger partial charge is 0.383 e. The number of carbonyl (C=O) groups excluding carboxylic acids is 2. The molecular weight excluding hydrogens is 618 g/mol. The third-order valence-electron chi connectivity index (χ3n) is 6.28. The molecule has 37 heavy (non-hydrogen) atoms. The van der Waals surface area contributed by atoms with Crippen molar-refractivity contribution in [3.63, 3.8) is 0 Å². The molecule has 1 aliphatic carbocycles. The fraction of sp³-hybridized carbons (Fsp3) is 0.385. The van der Waals surface area contributed by atoms with Crippen LogP contribution in [0.15, 0.2) is 40.9 Å². The lowest BCUT2D eigenvalue weighted by Gasteiger charge is -2.23. The number of likely N-dealkylation sites (N-methyl/N-ethyl adjacent to an activating group) is 1. The van der Waals surface area contributed by atoms with Crippen molar-refractivity contribution < 1.29 is 27.5 Å². The summed E-state index contributed by atoms with van der Waals surface area (Å²) < 4.78 is 46.9. The number of methoxy groups -OCH3 is 1. The highest BCUT2D eigenvalue weighted by atomic mass is 79.9. The highest BCUT2D eigenvalue weighted by molar-refractivity contribution is 9.10. The van der Waals surface area contributed by atoms with Crippen molar-refractivity contribution in [3.05, 3.63) is 72.6 Å². The molecule has 0 bridgehead atoms. The number of halogens is 7. The van der Waals surface area contributed by atoms with Gasteiger partial charge in [0.05, 0.1) is 33.0 Å². The van der Waals surface area contributed by atoms with E-state index >= 15 is 0 Å². The van der Waals surface area contributed by atoms with E-state index in [4.69, 9.17) is 39.5 Å². The number of hydrogen-bond acceptors (Lipinski definition) is 3. The Labute approximate surface area is 236 Å². The zero-order valence-electron chi connectivity index (χ0n) is 20.0. The van der Waals surface area contributed by atoms with E-state index in [9.17, 15) is 22.8 Å². The van der Waals surface area contributed by atoms with Crippen LogP contribution in [0.1, 0.15) is 46.7 Å². The van der Waals surface area contributed by atoms with Crippen LogP contribution in [-0.4, -0.2) is 50.1 Å². The molecule has 1 aliphatic rings. The quantitative estimate of drug-likeness (QED) is 0.194. The summed E-state index contributed by atoms with van der Waals surface area (Å²) in [6, 6.07) is 6.93. The van der Waals surface area contributed by atoms with E-state index in [1.54, 1.807) is 37.3 Å². The fourth-order valence-corrected chi connectivity index (χ4v) is 5.22. The van der Waals surface area contributed by atoms with Crippen molar-refractivity contribution >= 4 is 68.5 Å². The molecule has 3 rings (SSSR count). The number of nitrogens with zero attached hydrogens (tertiary/aromatic N) is 1. The fourth-order valence-electron chi connectivity index (χ4n) is 3.99. The summed E-state index contributed by atoms with van der Waals surface area (Å²) in [5, 5.41) is -0.166. The zero-order chi connectivity index (χ0) is 27.5. The van der Waals surface area contributed by atoms with Crippen LogP contribution in [0.2, 0.25) is 15.1 Å². The van der Waals surface area contributed by atoms with E-state index in [0.29, 0.717) is 41.6 Å². The lowest BCUT2D eigenvalue weighted by molar-refractivity contribution is -0.139. The topological polar surface area (TPSA) is 46.6 Å². The number of allylic oxidation sites excluding steroid dienone is 1. The maximum Gasteiger partial charge on any atom is 0.399 e. The second-order valence-corrected chi connectivity index (χ2v) is 11.1. The van der Waals surface area contributed by atoms with E-state index in [2.05, 4.69) is 15.9 Å². The Morgan fingerprint density at radius 1 is 1.16 bits per heavy atom. The van der Waals surface area contributed by atoms with Gasteiger partial charge in [0.15, 0.2) is 5.78 Å². The molecule has 0 radical (unpaired) electrons. The number of Topliss-reactive ketones (excluding diaryl/α,β-unsaturated/α-hetero) is 1. The molecule has 0 spiro atoms.